The van der Waals surface area contributed by atoms with Gasteiger partial charge in [-0.25, -0.2) is 18.4 Å². The number of nitrogens with two attached hydrogens (primary N) is 1. The highest BCUT2D eigenvalue weighted by Gasteiger charge is 2.30. The van der Waals surface area contributed by atoms with Gasteiger partial charge in [0.25, 0.3) is 0 Å². The zero-order chi connectivity index (χ0) is 24.0. The molecular formula is C23H16ClN5O4S. The summed E-state index contributed by atoms with van der Waals surface area (Å²) >= 11 is 5.93. The van der Waals surface area contributed by atoms with Crippen LogP contribution in [0.1, 0.15) is 5.56 Å². The number of benzene rings is 3. The number of anilines is 1. The molecule has 0 aliphatic rings. The van der Waals surface area contributed by atoms with E-state index in [0.29, 0.717) is 21.6 Å². The first kappa shape index (κ1) is 21.7. The Morgan fingerprint density at radius 2 is 1.62 bits per heavy atom. The van der Waals surface area contributed by atoms with Gasteiger partial charge in [0.05, 0.1) is 22.1 Å². The molecule has 11 heteroatoms. The van der Waals surface area contributed by atoms with Crippen molar-refractivity contribution >= 4 is 55.7 Å². The zero-order valence-electron chi connectivity index (χ0n) is 17.3. The molecule has 0 spiro atoms. The van der Waals surface area contributed by atoms with Gasteiger partial charge >= 0.3 is 0 Å². The summed E-state index contributed by atoms with van der Waals surface area (Å²) in [7, 11) is -4.11. The molecule has 0 atom stereocenters. The average molecular weight is 494 g/mol. The second-order valence-electron chi connectivity index (χ2n) is 7.36. The highest BCUT2D eigenvalue weighted by atomic mass is 35.5. The number of rotatable bonds is 4. The van der Waals surface area contributed by atoms with Crippen molar-refractivity contribution in [2.45, 2.75) is 9.79 Å². The number of hydrogen-bond acceptors (Lipinski definition) is 8. The van der Waals surface area contributed by atoms with Crippen molar-refractivity contribution in [3.8, 4) is 11.5 Å². The first-order valence-electron chi connectivity index (χ1n) is 9.89. The summed E-state index contributed by atoms with van der Waals surface area (Å²) in [5.74, 6) is -0.789. The van der Waals surface area contributed by atoms with Crippen LogP contribution >= 0.6 is 11.6 Å². The van der Waals surface area contributed by atoms with Crippen molar-refractivity contribution in [3.05, 3.63) is 77.3 Å². The van der Waals surface area contributed by atoms with E-state index in [2.05, 4.69) is 15.1 Å². The van der Waals surface area contributed by atoms with Gasteiger partial charge < -0.3 is 15.9 Å². The lowest BCUT2D eigenvalue weighted by Gasteiger charge is -2.05. The second-order valence-corrected chi connectivity index (χ2v) is 9.68. The van der Waals surface area contributed by atoms with Crippen LogP contribution in [0.2, 0.25) is 5.02 Å². The quantitative estimate of drug-likeness (QED) is 0.254. The van der Waals surface area contributed by atoms with E-state index >= 15 is 0 Å². The summed E-state index contributed by atoms with van der Waals surface area (Å²) < 4.78 is 28.3. The molecule has 0 amide bonds. The van der Waals surface area contributed by atoms with Crippen molar-refractivity contribution in [3.63, 3.8) is 0 Å². The zero-order valence-corrected chi connectivity index (χ0v) is 18.9. The third kappa shape index (κ3) is 3.58. The Morgan fingerprint density at radius 1 is 0.941 bits per heavy atom. The van der Waals surface area contributed by atoms with E-state index in [1.54, 1.807) is 24.3 Å². The SMILES string of the molecule is Nc1c(S(=O)(=O)c2ccc(Cl)cc2)c2nc3ccccc3nc2n1/N=C\c1ccc(O)c(O)c1. The predicted octanol–water partition coefficient (Wildman–Crippen LogP) is 3.95. The number of fused-ring (bicyclic) bond motifs is 2. The monoisotopic (exact) mass is 493 g/mol. The number of hydrogen-bond donors (Lipinski definition) is 3. The molecule has 0 aliphatic carbocycles. The molecule has 5 aromatic rings. The average Bonchev–Trinajstić information content (AvgIpc) is 3.09. The van der Waals surface area contributed by atoms with E-state index in [-0.39, 0.29) is 38.3 Å². The molecule has 0 saturated heterocycles. The van der Waals surface area contributed by atoms with Gasteiger partial charge in [0.15, 0.2) is 17.1 Å². The van der Waals surface area contributed by atoms with Crippen LogP contribution < -0.4 is 5.73 Å². The van der Waals surface area contributed by atoms with Crippen LogP contribution in [0.3, 0.4) is 0 Å². The Balaban J connectivity index is 1.78. The number of aromatic hydroxyl groups is 2. The van der Waals surface area contributed by atoms with Gasteiger partial charge in [-0.2, -0.15) is 9.78 Å². The van der Waals surface area contributed by atoms with Gasteiger partial charge in [0.2, 0.25) is 9.84 Å². The molecule has 3 aromatic carbocycles. The van der Waals surface area contributed by atoms with Gasteiger partial charge in [-0.3, -0.25) is 0 Å². The minimum Gasteiger partial charge on any atom is -0.504 e. The molecule has 2 heterocycles. The van der Waals surface area contributed by atoms with Crippen molar-refractivity contribution in [2.24, 2.45) is 5.10 Å². The van der Waals surface area contributed by atoms with E-state index in [4.69, 9.17) is 17.3 Å². The molecule has 9 nitrogen and oxygen atoms in total. The fourth-order valence-electron chi connectivity index (χ4n) is 3.48. The summed E-state index contributed by atoms with van der Waals surface area (Å²) in [5, 5.41) is 24.0. The van der Waals surface area contributed by atoms with E-state index in [9.17, 15) is 18.6 Å². The first-order valence-corrected chi connectivity index (χ1v) is 11.8. The van der Waals surface area contributed by atoms with Gasteiger partial charge in [-0.05, 0) is 60.2 Å². The van der Waals surface area contributed by atoms with Crippen LogP contribution in [-0.2, 0) is 9.84 Å². The lowest BCUT2D eigenvalue weighted by atomic mass is 10.2. The number of sulfone groups is 1. The lowest BCUT2D eigenvalue weighted by molar-refractivity contribution is 0.403. The van der Waals surface area contributed by atoms with Crippen molar-refractivity contribution in [2.75, 3.05) is 5.73 Å². The van der Waals surface area contributed by atoms with Crippen LogP contribution in [0.15, 0.2) is 81.6 Å². The third-order valence-electron chi connectivity index (χ3n) is 5.14. The minimum atomic E-state index is -4.11. The molecule has 0 saturated carbocycles. The molecule has 170 valence electrons. The number of nitrogen functional groups attached to an aromatic ring is 1. The summed E-state index contributed by atoms with van der Waals surface area (Å²) in [6, 6.07) is 16.9. The second kappa shape index (κ2) is 8.01. The number of para-hydroxylation sites is 2. The van der Waals surface area contributed by atoms with Crippen LogP contribution in [-0.4, -0.2) is 39.5 Å². The number of aromatic nitrogens is 3. The van der Waals surface area contributed by atoms with Gasteiger partial charge in [-0.1, -0.05) is 23.7 Å². The molecule has 0 fully saturated rings. The normalized spacial score (nSPS) is 12.1. The largest absolute Gasteiger partial charge is 0.504 e. The van der Waals surface area contributed by atoms with Crippen LogP contribution in [0.4, 0.5) is 5.82 Å². The van der Waals surface area contributed by atoms with Gasteiger partial charge in [0, 0.05) is 5.02 Å². The van der Waals surface area contributed by atoms with Crippen LogP contribution in [0.25, 0.3) is 22.2 Å². The molecule has 0 aliphatic heterocycles. The highest BCUT2D eigenvalue weighted by Crippen LogP contribution is 2.35. The van der Waals surface area contributed by atoms with E-state index in [1.165, 1.54) is 53.4 Å². The maximum Gasteiger partial charge on any atom is 0.212 e. The van der Waals surface area contributed by atoms with Crippen LogP contribution in [0, 0.1) is 0 Å². The Labute approximate surface area is 198 Å². The summed E-state index contributed by atoms with van der Waals surface area (Å²) in [4.78, 5) is 8.85. The fourth-order valence-corrected chi connectivity index (χ4v) is 5.09. The van der Waals surface area contributed by atoms with Crippen molar-refractivity contribution in [1.82, 2.24) is 14.6 Å². The molecule has 0 radical (unpaired) electrons. The summed E-state index contributed by atoms with van der Waals surface area (Å²) in [6.07, 6.45) is 1.35. The smallest absolute Gasteiger partial charge is 0.212 e. The van der Waals surface area contributed by atoms with Crippen LogP contribution in [0.5, 0.6) is 11.5 Å². The number of phenolic OH excluding ortho intramolecular Hbond substituents is 2. The Hall–Kier alpha value is -4.15. The summed E-state index contributed by atoms with van der Waals surface area (Å²) in [5.41, 5.74) is 7.99. The Kier molecular flexibility index (Phi) is 5.11. The molecule has 34 heavy (non-hydrogen) atoms. The number of nitrogens with zero attached hydrogens (tertiary/aromatic N) is 4. The van der Waals surface area contributed by atoms with E-state index in [0.717, 1.165) is 0 Å². The molecule has 4 N–H and O–H groups in total. The maximum absolute atomic E-state index is 13.6. The number of halogens is 1. The van der Waals surface area contributed by atoms with Gasteiger partial charge in [0.1, 0.15) is 16.2 Å². The molecule has 0 unspecified atom stereocenters. The third-order valence-corrected chi connectivity index (χ3v) is 7.23. The topological polar surface area (TPSA) is 144 Å². The summed E-state index contributed by atoms with van der Waals surface area (Å²) in [6.45, 7) is 0. The van der Waals surface area contributed by atoms with E-state index < -0.39 is 9.84 Å². The number of phenols is 2. The first-order chi connectivity index (χ1) is 16.3. The molecular weight excluding hydrogens is 478 g/mol. The van der Waals surface area contributed by atoms with Crippen molar-refractivity contribution < 1.29 is 18.6 Å². The highest BCUT2D eigenvalue weighted by molar-refractivity contribution is 7.92. The molecule has 0 bridgehead atoms. The maximum atomic E-state index is 13.6. The minimum absolute atomic E-state index is 0.00922. The Bertz CT molecular complexity index is 1710. The Morgan fingerprint density at radius 3 is 2.29 bits per heavy atom. The van der Waals surface area contributed by atoms with E-state index in [1.807, 2.05) is 0 Å². The fraction of sp³-hybridized carbons (Fsp3) is 0. The standard InChI is InChI=1S/C23H16ClN5O4S/c24-14-6-8-15(9-7-14)34(32,33)21-20-23(28-17-4-2-1-3-16(17)27-20)29(22(21)25)26-12-13-5-10-18(30)19(31)11-13/h1-12,30-31H,25H2/b26-12-. The van der Waals surface area contributed by atoms with Gasteiger partial charge in [-0.15, -0.1) is 0 Å². The molecule has 5 rings (SSSR count). The molecule has 2 aromatic heterocycles. The van der Waals surface area contributed by atoms with Crippen molar-refractivity contribution in [1.29, 1.82) is 0 Å². The predicted molar refractivity (Wildman–Crippen MR) is 129 cm³/mol. The lowest BCUT2D eigenvalue weighted by Crippen LogP contribution is -2.06.